The average molecular weight is 560 g/mol. The van der Waals surface area contributed by atoms with Crippen molar-refractivity contribution >= 4 is 24.2 Å². The molecule has 5 atom stereocenters. The fourth-order valence-corrected chi connectivity index (χ4v) is 6.75. The van der Waals surface area contributed by atoms with Gasteiger partial charge in [0, 0.05) is 55.8 Å². The van der Waals surface area contributed by atoms with Crippen LogP contribution in [0, 0.1) is 5.82 Å². The number of carbonyl (C=O) groups excluding carboxylic acids is 1. The summed E-state index contributed by atoms with van der Waals surface area (Å²) in [6.07, 6.45) is 4.93. The summed E-state index contributed by atoms with van der Waals surface area (Å²) in [6.45, 7) is 4.06. The van der Waals surface area contributed by atoms with E-state index in [2.05, 4.69) is 41.2 Å². The molecule has 4 rings (SSSR count). The molecule has 2 N–H and O–H groups in total. The largest absolute Gasteiger partial charge is 0.384 e. The highest BCUT2D eigenvalue weighted by Gasteiger charge is 2.36. The van der Waals surface area contributed by atoms with Gasteiger partial charge in [0.05, 0.1) is 13.3 Å². The van der Waals surface area contributed by atoms with Gasteiger partial charge in [-0.15, -0.1) is 0 Å². The maximum Gasteiger partial charge on any atom is 0.225 e. The first-order valence-electron chi connectivity index (χ1n) is 14.2. The van der Waals surface area contributed by atoms with E-state index in [4.69, 9.17) is 4.74 Å². The van der Waals surface area contributed by atoms with Crippen LogP contribution in [-0.2, 0) is 21.4 Å². The molecule has 0 spiro atoms. The van der Waals surface area contributed by atoms with E-state index in [0.717, 1.165) is 55.8 Å². The number of carbonyl (C=O) groups is 1. The number of ether oxygens (including phenoxy) is 1. The fraction of sp³-hybridized carbons (Fsp3) is 0.581. The van der Waals surface area contributed by atoms with Crippen LogP contribution in [0.5, 0.6) is 0 Å². The summed E-state index contributed by atoms with van der Waals surface area (Å²) in [5.74, 6) is 0.395. The molecular weight excluding hydrogens is 516 g/mol. The van der Waals surface area contributed by atoms with E-state index in [-0.39, 0.29) is 30.8 Å². The Labute approximate surface area is 237 Å². The molecule has 2 aliphatic heterocycles. The minimum atomic E-state index is -0.748. The first-order chi connectivity index (χ1) is 18.9. The van der Waals surface area contributed by atoms with E-state index in [1.165, 1.54) is 23.3 Å². The minimum Gasteiger partial charge on any atom is -0.384 e. The van der Waals surface area contributed by atoms with Crippen LogP contribution in [0.25, 0.3) is 0 Å². The molecule has 39 heavy (non-hydrogen) atoms. The number of amides is 1. The van der Waals surface area contributed by atoms with Gasteiger partial charge in [0.15, 0.2) is 0 Å². The molecule has 0 radical (unpaired) electrons. The number of nitrogens with zero attached hydrogens (tertiary/aromatic N) is 1. The van der Waals surface area contributed by atoms with Crippen LogP contribution in [0.1, 0.15) is 68.2 Å². The Kier molecular flexibility index (Phi) is 10.8. The Balaban J connectivity index is 1.59. The van der Waals surface area contributed by atoms with E-state index < -0.39 is 12.1 Å². The number of nitrogens with one attached hydrogen (secondary N) is 2. The first kappa shape index (κ1) is 30.0. The maximum atomic E-state index is 13.7. The maximum absolute atomic E-state index is 13.7. The van der Waals surface area contributed by atoms with Gasteiger partial charge in [-0.3, -0.25) is 14.1 Å². The number of alkyl halides is 1. The number of thiol groups is 1. The minimum absolute atomic E-state index is 0.119. The third kappa shape index (κ3) is 7.20. The predicted octanol–water partition coefficient (Wildman–Crippen LogP) is 5.85. The van der Waals surface area contributed by atoms with Crippen LogP contribution in [0.3, 0.4) is 0 Å². The number of benzene rings is 2. The standard InChI is InChI=1S/C31H43F2N3O2S/c1-22-27-7-3-8-29(28(27)14-13-25-20-36(22)26(19-34-25)6-4-17-39)35-30(37)18-31(21-38-2,15-5-16-32)23-9-11-24(33)12-10-23/h3,7-12,22,25-26,34,39H,4-6,13-21H2,1-2H3,(H,35,37). The predicted molar refractivity (Wildman–Crippen MR) is 157 cm³/mol. The highest BCUT2D eigenvalue weighted by molar-refractivity contribution is 7.80. The molecule has 5 nitrogen and oxygen atoms in total. The number of fused-ring (bicyclic) bond motifs is 3. The van der Waals surface area contributed by atoms with Gasteiger partial charge in [-0.25, -0.2) is 4.39 Å². The third-order valence-electron chi connectivity index (χ3n) is 8.58. The Morgan fingerprint density at radius 1 is 1.23 bits per heavy atom. The van der Waals surface area contributed by atoms with Gasteiger partial charge in [-0.2, -0.15) is 12.6 Å². The molecule has 5 unspecified atom stereocenters. The van der Waals surface area contributed by atoms with Crippen LogP contribution >= 0.6 is 12.6 Å². The van der Waals surface area contributed by atoms with Crippen molar-refractivity contribution in [2.75, 3.05) is 44.6 Å². The van der Waals surface area contributed by atoms with Gasteiger partial charge in [-0.05, 0) is 86.1 Å². The van der Waals surface area contributed by atoms with Crippen LogP contribution in [0.15, 0.2) is 42.5 Å². The van der Waals surface area contributed by atoms with Crippen molar-refractivity contribution in [2.24, 2.45) is 0 Å². The summed E-state index contributed by atoms with van der Waals surface area (Å²) in [4.78, 5) is 16.3. The fourth-order valence-electron chi connectivity index (χ4n) is 6.57. The van der Waals surface area contributed by atoms with Crippen molar-refractivity contribution in [3.05, 3.63) is 65.0 Å². The molecule has 1 amide bonds. The number of hydrogen-bond donors (Lipinski definition) is 3. The van der Waals surface area contributed by atoms with Gasteiger partial charge in [0.25, 0.3) is 0 Å². The summed E-state index contributed by atoms with van der Waals surface area (Å²) in [5, 5.41) is 6.96. The van der Waals surface area contributed by atoms with Crippen LogP contribution in [0.4, 0.5) is 14.5 Å². The quantitative estimate of drug-likeness (QED) is 0.286. The summed E-state index contributed by atoms with van der Waals surface area (Å²) < 4.78 is 32.6. The summed E-state index contributed by atoms with van der Waals surface area (Å²) >= 11 is 4.43. The molecular formula is C31H43F2N3O2S. The second kappa shape index (κ2) is 14.1. The first-order valence-corrected chi connectivity index (χ1v) is 14.9. The lowest BCUT2D eigenvalue weighted by Crippen LogP contribution is -2.57. The Morgan fingerprint density at radius 2 is 2.03 bits per heavy atom. The van der Waals surface area contributed by atoms with E-state index in [9.17, 15) is 13.6 Å². The van der Waals surface area contributed by atoms with Gasteiger partial charge in [0.1, 0.15) is 5.82 Å². The van der Waals surface area contributed by atoms with Crippen LogP contribution in [0.2, 0.25) is 0 Å². The molecule has 8 heteroatoms. The zero-order chi connectivity index (χ0) is 27.8. The van der Waals surface area contributed by atoms with Crippen molar-refractivity contribution in [3.63, 3.8) is 0 Å². The van der Waals surface area contributed by atoms with Crippen LogP contribution < -0.4 is 10.6 Å². The van der Waals surface area contributed by atoms with Crippen molar-refractivity contribution < 1.29 is 18.3 Å². The number of rotatable bonds is 12. The van der Waals surface area contributed by atoms with Gasteiger partial charge >= 0.3 is 0 Å². The van der Waals surface area contributed by atoms with Gasteiger partial charge in [-0.1, -0.05) is 24.3 Å². The number of anilines is 1. The van der Waals surface area contributed by atoms with Gasteiger partial charge < -0.3 is 15.4 Å². The normalized spacial score (nSPS) is 24.2. The third-order valence-corrected chi connectivity index (χ3v) is 8.90. The highest BCUT2D eigenvalue weighted by Crippen LogP contribution is 2.37. The van der Waals surface area contributed by atoms with Crippen molar-refractivity contribution in [2.45, 2.75) is 75.4 Å². The zero-order valence-corrected chi connectivity index (χ0v) is 24.1. The molecule has 2 heterocycles. The summed E-state index contributed by atoms with van der Waals surface area (Å²) in [7, 11) is 1.58. The molecule has 0 aliphatic carbocycles. The lowest BCUT2D eigenvalue weighted by Gasteiger charge is -2.46. The Bertz CT molecular complexity index is 1090. The molecule has 2 aromatic carbocycles. The molecule has 0 saturated carbocycles. The number of hydrogen-bond acceptors (Lipinski definition) is 5. The monoisotopic (exact) mass is 559 g/mol. The Hall–Kier alpha value is -2.00. The number of methoxy groups -OCH3 is 1. The van der Waals surface area contributed by atoms with Crippen molar-refractivity contribution in [3.8, 4) is 0 Å². The van der Waals surface area contributed by atoms with E-state index in [1.807, 2.05) is 12.1 Å². The molecule has 2 aromatic rings. The molecule has 1 saturated heterocycles. The molecule has 2 bridgehead atoms. The topological polar surface area (TPSA) is 53.6 Å². The Morgan fingerprint density at radius 3 is 2.74 bits per heavy atom. The number of halogens is 2. The van der Waals surface area contributed by atoms with E-state index >= 15 is 0 Å². The average Bonchev–Trinajstić information content (AvgIpc) is 2.93. The molecule has 0 aromatic heterocycles. The van der Waals surface area contributed by atoms with Crippen molar-refractivity contribution in [1.82, 2.24) is 10.2 Å². The number of piperazine rings is 1. The van der Waals surface area contributed by atoms with E-state index in [0.29, 0.717) is 24.9 Å². The molecule has 214 valence electrons. The lowest BCUT2D eigenvalue weighted by atomic mass is 9.74. The van der Waals surface area contributed by atoms with Gasteiger partial charge in [0.2, 0.25) is 5.91 Å². The second-order valence-corrected chi connectivity index (χ2v) is 11.6. The second-order valence-electron chi connectivity index (χ2n) is 11.1. The smallest absolute Gasteiger partial charge is 0.225 e. The zero-order valence-electron chi connectivity index (χ0n) is 23.2. The van der Waals surface area contributed by atoms with Crippen molar-refractivity contribution in [1.29, 1.82) is 0 Å². The molecule has 1 fully saturated rings. The van der Waals surface area contributed by atoms with E-state index in [1.54, 1.807) is 19.2 Å². The van der Waals surface area contributed by atoms with Crippen LogP contribution in [-0.4, -0.2) is 62.1 Å². The SMILES string of the molecule is COCC(CCCF)(CC(=O)Nc1cccc2c1CCC1CN(C(CCCS)CN1)C2C)c1ccc(F)cc1. The molecule has 2 aliphatic rings. The summed E-state index contributed by atoms with van der Waals surface area (Å²) in [6, 6.07) is 13.5. The highest BCUT2D eigenvalue weighted by atomic mass is 32.1. The summed E-state index contributed by atoms with van der Waals surface area (Å²) in [5.41, 5.74) is 3.33. The lowest BCUT2D eigenvalue weighted by molar-refractivity contribution is -0.118.